The second-order valence-corrected chi connectivity index (χ2v) is 3.31. The third kappa shape index (κ3) is 1.52. The standard InChI is InChI=1S/C10H11N3O/c1-6(11)7-2-3-8-9(4-7)12-5-10(14)13-8/h2-6H,11H2,1H3,(H,13,14). The minimum atomic E-state index is -0.189. The summed E-state index contributed by atoms with van der Waals surface area (Å²) in [6.45, 7) is 1.91. The third-order valence-corrected chi connectivity index (χ3v) is 2.13. The zero-order valence-corrected chi connectivity index (χ0v) is 7.82. The Balaban J connectivity index is 2.67. The van der Waals surface area contributed by atoms with Gasteiger partial charge in [-0.05, 0) is 24.6 Å². The van der Waals surface area contributed by atoms with Crippen molar-refractivity contribution in [1.82, 2.24) is 9.97 Å². The van der Waals surface area contributed by atoms with Crippen molar-refractivity contribution in [3.05, 3.63) is 40.3 Å². The average molecular weight is 189 g/mol. The molecule has 0 saturated heterocycles. The average Bonchev–Trinajstić information content (AvgIpc) is 2.16. The smallest absolute Gasteiger partial charge is 0.266 e. The number of nitrogens with two attached hydrogens (primary N) is 1. The molecule has 2 aromatic rings. The molecule has 2 rings (SSSR count). The third-order valence-electron chi connectivity index (χ3n) is 2.13. The highest BCUT2D eigenvalue weighted by Crippen LogP contribution is 2.14. The molecule has 3 N–H and O–H groups in total. The number of hydrogen-bond donors (Lipinski definition) is 2. The minimum absolute atomic E-state index is 0.0203. The van der Waals surface area contributed by atoms with E-state index in [0.29, 0.717) is 0 Å². The lowest BCUT2D eigenvalue weighted by molar-refractivity contribution is 0.819. The monoisotopic (exact) mass is 189 g/mol. The SMILES string of the molecule is CC(N)c1ccc2[nH]c(=O)cnc2c1. The van der Waals surface area contributed by atoms with E-state index < -0.39 is 0 Å². The summed E-state index contributed by atoms with van der Waals surface area (Å²) in [5, 5.41) is 0. The van der Waals surface area contributed by atoms with Gasteiger partial charge in [-0.3, -0.25) is 4.79 Å². The number of rotatable bonds is 1. The lowest BCUT2D eigenvalue weighted by atomic mass is 10.1. The van der Waals surface area contributed by atoms with Crippen LogP contribution in [0.25, 0.3) is 11.0 Å². The van der Waals surface area contributed by atoms with Gasteiger partial charge >= 0.3 is 0 Å². The van der Waals surface area contributed by atoms with Crippen LogP contribution in [-0.2, 0) is 0 Å². The first-order valence-electron chi connectivity index (χ1n) is 4.41. The van der Waals surface area contributed by atoms with E-state index >= 15 is 0 Å². The molecular formula is C10H11N3O. The van der Waals surface area contributed by atoms with E-state index in [1.807, 2.05) is 25.1 Å². The molecule has 0 bridgehead atoms. The summed E-state index contributed by atoms with van der Waals surface area (Å²) >= 11 is 0. The Hall–Kier alpha value is -1.68. The number of H-pyrrole nitrogens is 1. The number of fused-ring (bicyclic) bond motifs is 1. The molecule has 14 heavy (non-hydrogen) atoms. The molecule has 0 amide bonds. The van der Waals surface area contributed by atoms with Crippen LogP contribution in [-0.4, -0.2) is 9.97 Å². The second-order valence-electron chi connectivity index (χ2n) is 3.31. The van der Waals surface area contributed by atoms with Gasteiger partial charge in [0.05, 0.1) is 17.2 Å². The lowest BCUT2D eigenvalue weighted by Crippen LogP contribution is -2.07. The highest BCUT2D eigenvalue weighted by Gasteiger charge is 2.01. The van der Waals surface area contributed by atoms with Crippen LogP contribution >= 0.6 is 0 Å². The summed E-state index contributed by atoms with van der Waals surface area (Å²) in [6.07, 6.45) is 1.27. The van der Waals surface area contributed by atoms with E-state index in [1.54, 1.807) is 0 Å². The summed E-state index contributed by atoms with van der Waals surface area (Å²) in [5.74, 6) is 0. The maximum Gasteiger partial charge on any atom is 0.266 e. The van der Waals surface area contributed by atoms with Crippen LogP contribution in [0.2, 0.25) is 0 Å². The van der Waals surface area contributed by atoms with Crippen molar-refractivity contribution in [2.24, 2.45) is 5.73 Å². The van der Waals surface area contributed by atoms with Crippen molar-refractivity contribution in [1.29, 1.82) is 0 Å². The zero-order chi connectivity index (χ0) is 10.1. The summed E-state index contributed by atoms with van der Waals surface area (Å²) < 4.78 is 0. The maximum absolute atomic E-state index is 11.0. The van der Waals surface area contributed by atoms with Gasteiger partial charge in [0.25, 0.3) is 5.56 Å². The molecule has 4 heteroatoms. The Morgan fingerprint density at radius 1 is 1.50 bits per heavy atom. The van der Waals surface area contributed by atoms with E-state index in [1.165, 1.54) is 6.20 Å². The molecule has 0 aliphatic carbocycles. The van der Waals surface area contributed by atoms with Gasteiger partial charge < -0.3 is 10.7 Å². The molecule has 1 unspecified atom stereocenters. The number of benzene rings is 1. The van der Waals surface area contributed by atoms with Crippen molar-refractivity contribution in [3.8, 4) is 0 Å². The molecule has 1 heterocycles. The fourth-order valence-corrected chi connectivity index (χ4v) is 1.34. The number of aromatic amines is 1. The van der Waals surface area contributed by atoms with Crippen LogP contribution < -0.4 is 11.3 Å². The largest absolute Gasteiger partial charge is 0.324 e. The van der Waals surface area contributed by atoms with Gasteiger partial charge in [0.1, 0.15) is 0 Å². The van der Waals surface area contributed by atoms with Crippen LogP contribution in [0, 0.1) is 0 Å². The predicted octanol–water partition coefficient (Wildman–Crippen LogP) is 0.943. The summed E-state index contributed by atoms with van der Waals surface area (Å²) in [4.78, 5) is 17.7. The Morgan fingerprint density at radius 3 is 3.00 bits per heavy atom. The molecule has 0 spiro atoms. The molecule has 1 aromatic heterocycles. The minimum Gasteiger partial charge on any atom is -0.324 e. The Morgan fingerprint density at radius 2 is 2.29 bits per heavy atom. The van der Waals surface area contributed by atoms with Gasteiger partial charge in [0, 0.05) is 6.04 Å². The topological polar surface area (TPSA) is 71.8 Å². The molecule has 4 nitrogen and oxygen atoms in total. The first kappa shape index (κ1) is 8.90. The van der Waals surface area contributed by atoms with E-state index in [0.717, 1.165) is 16.6 Å². The van der Waals surface area contributed by atoms with Gasteiger partial charge in [0.2, 0.25) is 0 Å². The number of nitrogens with zero attached hydrogens (tertiary/aromatic N) is 1. The van der Waals surface area contributed by atoms with Gasteiger partial charge in [0.15, 0.2) is 0 Å². The molecule has 0 aliphatic heterocycles. The van der Waals surface area contributed by atoms with Crippen LogP contribution in [0.5, 0.6) is 0 Å². The van der Waals surface area contributed by atoms with E-state index in [2.05, 4.69) is 9.97 Å². The van der Waals surface area contributed by atoms with E-state index in [-0.39, 0.29) is 11.6 Å². The highest BCUT2D eigenvalue weighted by molar-refractivity contribution is 5.74. The molecule has 0 fully saturated rings. The number of aromatic nitrogens is 2. The van der Waals surface area contributed by atoms with Crippen LogP contribution in [0.15, 0.2) is 29.2 Å². The van der Waals surface area contributed by atoms with Crippen LogP contribution in [0.1, 0.15) is 18.5 Å². The normalized spacial score (nSPS) is 13.0. The molecule has 0 saturated carbocycles. The second kappa shape index (κ2) is 3.23. The van der Waals surface area contributed by atoms with E-state index in [9.17, 15) is 4.79 Å². The summed E-state index contributed by atoms with van der Waals surface area (Å²) in [6, 6.07) is 5.58. The van der Waals surface area contributed by atoms with Crippen LogP contribution in [0.4, 0.5) is 0 Å². The van der Waals surface area contributed by atoms with Crippen molar-refractivity contribution in [2.45, 2.75) is 13.0 Å². The predicted molar refractivity (Wildman–Crippen MR) is 55.0 cm³/mol. The fourth-order valence-electron chi connectivity index (χ4n) is 1.34. The number of hydrogen-bond acceptors (Lipinski definition) is 3. The Bertz CT molecular complexity index is 516. The molecule has 1 aromatic carbocycles. The van der Waals surface area contributed by atoms with Gasteiger partial charge in [-0.2, -0.15) is 0 Å². The quantitative estimate of drug-likeness (QED) is 0.701. The van der Waals surface area contributed by atoms with Gasteiger partial charge in [-0.25, -0.2) is 4.98 Å². The summed E-state index contributed by atoms with van der Waals surface area (Å²) in [7, 11) is 0. The van der Waals surface area contributed by atoms with Crippen molar-refractivity contribution in [2.75, 3.05) is 0 Å². The maximum atomic E-state index is 11.0. The molecule has 1 atom stereocenters. The van der Waals surface area contributed by atoms with Crippen molar-refractivity contribution < 1.29 is 0 Å². The Kier molecular flexibility index (Phi) is 2.05. The van der Waals surface area contributed by atoms with Crippen molar-refractivity contribution >= 4 is 11.0 Å². The summed E-state index contributed by atoms with van der Waals surface area (Å²) in [5.41, 5.74) is 8.06. The molecule has 0 radical (unpaired) electrons. The molecular weight excluding hydrogens is 178 g/mol. The van der Waals surface area contributed by atoms with Crippen molar-refractivity contribution in [3.63, 3.8) is 0 Å². The zero-order valence-electron chi connectivity index (χ0n) is 7.82. The van der Waals surface area contributed by atoms with Crippen LogP contribution in [0.3, 0.4) is 0 Å². The number of nitrogens with one attached hydrogen (secondary N) is 1. The highest BCUT2D eigenvalue weighted by atomic mass is 16.1. The lowest BCUT2D eigenvalue weighted by Gasteiger charge is -2.05. The fraction of sp³-hybridized carbons (Fsp3) is 0.200. The van der Waals surface area contributed by atoms with Gasteiger partial charge in [-0.1, -0.05) is 6.07 Å². The van der Waals surface area contributed by atoms with E-state index in [4.69, 9.17) is 5.73 Å². The Labute approximate surface area is 80.8 Å². The molecule has 72 valence electrons. The molecule has 0 aliphatic rings. The first-order chi connectivity index (χ1) is 6.66. The first-order valence-corrected chi connectivity index (χ1v) is 4.41. The van der Waals surface area contributed by atoms with Gasteiger partial charge in [-0.15, -0.1) is 0 Å².